The molecular weight excluding hydrogens is 671 g/mol. The maximum Gasteiger partial charge on any atom is 0.508 e. The largest absolute Gasteiger partial charge is 1.00 e. The highest BCUT2D eigenvalue weighted by Gasteiger charge is 2.20. The molecule has 244 valence electrons. The van der Waals surface area contributed by atoms with Gasteiger partial charge in [0.05, 0.1) is 18.9 Å². The van der Waals surface area contributed by atoms with Crippen LogP contribution in [0.15, 0.2) is 17.1 Å². The smallest absolute Gasteiger partial charge is 0.508 e. The van der Waals surface area contributed by atoms with Crippen LogP contribution < -0.4 is 33.9 Å². The van der Waals surface area contributed by atoms with Crippen LogP contribution in [-0.2, 0) is 30.3 Å². The van der Waals surface area contributed by atoms with Crippen molar-refractivity contribution >= 4 is 29.6 Å². The number of alkyl carbamates (subject to hydrolysis) is 1. The van der Waals surface area contributed by atoms with Crippen molar-refractivity contribution in [2.75, 3.05) is 26.9 Å². The lowest BCUT2D eigenvalue weighted by molar-refractivity contribution is -0.692. The molecule has 1 amide bonds. The number of esters is 1. The van der Waals surface area contributed by atoms with Crippen molar-refractivity contribution in [3.63, 3.8) is 0 Å². The molecule has 42 heavy (non-hydrogen) atoms. The molecule has 0 aliphatic rings. The molecule has 1 aromatic rings. The summed E-state index contributed by atoms with van der Waals surface area (Å²) < 4.78 is 21.9. The number of ether oxygens (including phenoxy) is 4. The highest BCUT2D eigenvalue weighted by atomic mass is 127. The first-order valence-corrected chi connectivity index (χ1v) is 16.7. The molecule has 0 aliphatic heterocycles. The SMILES string of the molecule is CCCCCCCCCCCCCCCCCCNC(=O)OC[C@@H](COC(=O)CCC[n+]1ccsc1)OC(=O)OC.[I-]. The van der Waals surface area contributed by atoms with Gasteiger partial charge in [-0.25, -0.2) is 9.59 Å². The number of unbranched alkanes of at least 4 members (excludes halogenated alkanes) is 15. The molecule has 0 bridgehead atoms. The molecule has 0 spiro atoms. The fourth-order valence-electron chi connectivity index (χ4n) is 4.44. The first-order chi connectivity index (χ1) is 20.0. The van der Waals surface area contributed by atoms with E-state index in [0.29, 0.717) is 19.5 Å². The van der Waals surface area contributed by atoms with E-state index >= 15 is 0 Å². The van der Waals surface area contributed by atoms with Gasteiger partial charge >= 0.3 is 18.2 Å². The minimum absolute atomic E-state index is 0. The second kappa shape index (κ2) is 29.4. The number of amides is 1. The average Bonchev–Trinajstić information content (AvgIpc) is 3.49. The Hall–Kier alpha value is -1.63. The Bertz CT molecular complexity index is 783. The van der Waals surface area contributed by atoms with Gasteiger partial charge in [0.1, 0.15) is 19.8 Å². The minimum Gasteiger partial charge on any atom is -1.00 e. The van der Waals surface area contributed by atoms with Crippen LogP contribution in [0.5, 0.6) is 0 Å². The van der Waals surface area contributed by atoms with Crippen molar-refractivity contribution in [2.24, 2.45) is 0 Å². The number of carbonyl (C=O) groups excluding carboxylic acids is 3. The average molecular weight is 727 g/mol. The first kappa shape index (κ1) is 40.4. The molecule has 0 saturated carbocycles. The van der Waals surface area contributed by atoms with Crippen LogP contribution in [0.3, 0.4) is 0 Å². The van der Waals surface area contributed by atoms with Crippen LogP contribution in [0, 0.1) is 0 Å². The highest BCUT2D eigenvalue weighted by molar-refractivity contribution is 7.07. The van der Waals surface area contributed by atoms with Crippen LogP contribution in [0.25, 0.3) is 0 Å². The van der Waals surface area contributed by atoms with E-state index in [1.54, 1.807) is 11.3 Å². The molecule has 11 heteroatoms. The lowest BCUT2D eigenvalue weighted by Gasteiger charge is -2.17. The Morgan fingerprint density at radius 2 is 1.33 bits per heavy atom. The lowest BCUT2D eigenvalue weighted by atomic mass is 10.0. The first-order valence-electron chi connectivity index (χ1n) is 15.8. The summed E-state index contributed by atoms with van der Waals surface area (Å²) in [6.45, 7) is 3.05. The predicted molar refractivity (Wildman–Crippen MR) is 161 cm³/mol. The highest BCUT2D eigenvalue weighted by Crippen LogP contribution is 2.13. The number of nitrogens with one attached hydrogen (secondary N) is 1. The summed E-state index contributed by atoms with van der Waals surface area (Å²) in [5, 5.41) is 4.68. The number of hydrogen-bond acceptors (Lipinski definition) is 8. The molecule has 9 nitrogen and oxygen atoms in total. The summed E-state index contributed by atoms with van der Waals surface area (Å²) in [6.07, 6.45) is 21.1. The third kappa shape index (κ3) is 24.9. The molecule has 1 aromatic heterocycles. The van der Waals surface area contributed by atoms with Gasteiger partial charge in [-0.1, -0.05) is 115 Å². The van der Waals surface area contributed by atoms with E-state index in [-0.39, 0.29) is 43.6 Å². The van der Waals surface area contributed by atoms with Gasteiger partial charge in [0.15, 0.2) is 12.3 Å². The Balaban J connectivity index is 0.0000168. The molecule has 0 aromatic carbocycles. The zero-order valence-electron chi connectivity index (χ0n) is 26.0. The molecule has 0 radical (unpaired) electrons. The number of halogens is 1. The van der Waals surface area contributed by atoms with Crippen LogP contribution >= 0.6 is 11.3 Å². The Labute approximate surface area is 274 Å². The van der Waals surface area contributed by atoms with Crippen molar-refractivity contribution in [3.05, 3.63) is 17.1 Å². The Kier molecular flexibility index (Phi) is 28.3. The van der Waals surface area contributed by atoms with E-state index in [4.69, 9.17) is 14.2 Å². The number of aromatic nitrogens is 1. The third-order valence-corrected chi connectivity index (χ3v) is 7.56. The molecule has 0 aliphatic carbocycles. The van der Waals surface area contributed by atoms with E-state index in [0.717, 1.165) is 12.8 Å². The van der Waals surface area contributed by atoms with Crippen molar-refractivity contribution in [2.45, 2.75) is 135 Å². The minimum atomic E-state index is -0.945. The summed E-state index contributed by atoms with van der Waals surface area (Å²) in [6, 6.07) is 0. The molecular formula is C31H55IN2O7S. The van der Waals surface area contributed by atoms with Gasteiger partial charge in [-0.05, 0) is 6.42 Å². The van der Waals surface area contributed by atoms with Gasteiger partial charge in [-0.2, -0.15) is 4.57 Å². The summed E-state index contributed by atoms with van der Waals surface area (Å²) in [5.41, 5.74) is 1.97. The zero-order chi connectivity index (χ0) is 29.8. The van der Waals surface area contributed by atoms with E-state index in [2.05, 4.69) is 17.0 Å². The van der Waals surface area contributed by atoms with Crippen LogP contribution in [0.4, 0.5) is 9.59 Å². The van der Waals surface area contributed by atoms with Gasteiger partial charge in [-0.15, -0.1) is 0 Å². The topological polar surface area (TPSA) is 104 Å². The molecule has 1 N–H and O–H groups in total. The fraction of sp³-hybridized carbons (Fsp3) is 0.806. The number of nitrogens with zero attached hydrogens (tertiary/aromatic N) is 1. The summed E-state index contributed by atoms with van der Waals surface area (Å²) in [5.74, 6) is -0.410. The standard InChI is InChI=1S/C31H54N2O7S.HI/c1-3-4-5-6-7-8-9-10-11-12-13-14-15-16-17-18-21-32-30(35)39-26-28(40-31(36)37-2)25-38-29(34)20-19-22-33-23-24-41-27-33;/h23-24,27-28H,3-22,25-26H2,1-2H3;1H/t28-;/m1./s1. The normalized spacial score (nSPS) is 11.3. The predicted octanol–water partition coefficient (Wildman–Crippen LogP) is 4.50. The van der Waals surface area contributed by atoms with Gasteiger partial charge in [-0.3, -0.25) is 4.79 Å². The summed E-state index contributed by atoms with van der Waals surface area (Å²) >= 11 is 1.58. The molecule has 1 rings (SSSR count). The van der Waals surface area contributed by atoms with Crippen LogP contribution in [0.2, 0.25) is 0 Å². The van der Waals surface area contributed by atoms with Crippen molar-refractivity contribution in [1.29, 1.82) is 0 Å². The van der Waals surface area contributed by atoms with Crippen molar-refractivity contribution in [3.8, 4) is 0 Å². The quantitative estimate of drug-likeness (QED) is 0.0493. The van der Waals surface area contributed by atoms with Gasteiger partial charge < -0.3 is 48.2 Å². The summed E-state index contributed by atoms with van der Waals surface area (Å²) in [7, 11) is 1.18. The number of methoxy groups -OCH3 is 1. The Morgan fingerprint density at radius 1 is 0.786 bits per heavy atom. The van der Waals surface area contributed by atoms with Crippen molar-refractivity contribution < 1.29 is 61.9 Å². The maximum absolute atomic E-state index is 12.0. The lowest BCUT2D eigenvalue weighted by Crippen LogP contribution is -3.00. The monoisotopic (exact) mass is 726 g/mol. The van der Waals surface area contributed by atoms with Crippen molar-refractivity contribution in [1.82, 2.24) is 5.32 Å². The van der Waals surface area contributed by atoms with E-state index in [1.807, 2.05) is 21.7 Å². The molecule has 0 unspecified atom stereocenters. The number of rotatable bonds is 26. The number of hydrogen-bond donors (Lipinski definition) is 1. The summed E-state index contributed by atoms with van der Waals surface area (Å²) in [4.78, 5) is 35.6. The molecule has 0 saturated heterocycles. The number of carbonyl (C=O) groups is 3. The zero-order valence-corrected chi connectivity index (χ0v) is 28.9. The molecule has 1 atom stereocenters. The molecule has 1 heterocycles. The van der Waals surface area contributed by atoms with E-state index < -0.39 is 24.3 Å². The van der Waals surface area contributed by atoms with Crippen LogP contribution in [0.1, 0.15) is 122 Å². The van der Waals surface area contributed by atoms with Gasteiger partial charge in [0.25, 0.3) is 0 Å². The van der Waals surface area contributed by atoms with E-state index in [9.17, 15) is 14.4 Å². The second-order valence-corrected chi connectivity index (χ2v) is 11.3. The third-order valence-electron chi connectivity index (χ3n) is 6.88. The van der Waals surface area contributed by atoms with Gasteiger partial charge in [0, 0.05) is 13.0 Å². The van der Waals surface area contributed by atoms with E-state index in [1.165, 1.54) is 97.0 Å². The number of thiazole rings is 1. The van der Waals surface area contributed by atoms with Crippen LogP contribution in [-0.4, -0.2) is 51.2 Å². The maximum atomic E-state index is 12.0. The number of aryl methyl sites for hydroxylation is 1. The fourth-order valence-corrected chi connectivity index (χ4v) is 5.07. The van der Waals surface area contributed by atoms with Gasteiger partial charge in [0.2, 0.25) is 5.51 Å². The second-order valence-electron chi connectivity index (χ2n) is 10.6. The molecule has 0 fully saturated rings. The Morgan fingerprint density at radius 3 is 1.86 bits per heavy atom.